The first-order valence-corrected chi connectivity index (χ1v) is 7.54. The standard InChI is InChI=1S/C17H16F3N3O2/c1-9-12(8-17(18,19)20)16(24)23-15(21-9)14(10(2)22-23)11-6-4-5-7-13(11)25-3/h4-7,22H,8H2,1-3H3. The van der Waals surface area contributed by atoms with E-state index in [4.69, 9.17) is 4.74 Å². The maximum absolute atomic E-state index is 12.7. The molecule has 0 spiro atoms. The van der Waals surface area contributed by atoms with E-state index in [1.807, 2.05) is 6.07 Å². The first-order chi connectivity index (χ1) is 11.7. The van der Waals surface area contributed by atoms with Crippen LogP contribution in [-0.2, 0) is 6.42 Å². The fourth-order valence-corrected chi connectivity index (χ4v) is 2.90. The number of aromatic amines is 1. The second-order valence-electron chi connectivity index (χ2n) is 5.74. The fraction of sp³-hybridized carbons (Fsp3) is 0.294. The molecule has 1 N–H and O–H groups in total. The highest BCUT2D eigenvalue weighted by molar-refractivity contribution is 5.83. The van der Waals surface area contributed by atoms with Crippen molar-refractivity contribution in [2.45, 2.75) is 26.4 Å². The zero-order chi connectivity index (χ0) is 18.4. The van der Waals surface area contributed by atoms with E-state index in [0.29, 0.717) is 22.6 Å². The first-order valence-electron chi connectivity index (χ1n) is 7.54. The lowest BCUT2D eigenvalue weighted by molar-refractivity contribution is -0.127. The number of aryl methyl sites for hydroxylation is 2. The normalized spacial score (nSPS) is 11.9. The largest absolute Gasteiger partial charge is 0.496 e. The molecule has 132 valence electrons. The van der Waals surface area contributed by atoms with Crippen LogP contribution in [0, 0.1) is 13.8 Å². The summed E-state index contributed by atoms with van der Waals surface area (Å²) in [4.78, 5) is 16.8. The minimum atomic E-state index is -4.48. The minimum absolute atomic E-state index is 0.0671. The maximum Gasteiger partial charge on any atom is 0.393 e. The Morgan fingerprint density at radius 1 is 1.24 bits per heavy atom. The fourth-order valence-electron chi connectivity index (χ4n) is 2.90. The molecule has 3 rings (SSSR count). The van der Waals surface area contributed by atoms with Crippen LogP contribution in [0.25, 0.3) is 16.8 Å². The molecule has 0 amide bonds. The Labute approximate surface area is 141 Å². The minimum Gasteiger partial charge on any atom is -0.496 e. The Bertz CT molecular complexity index is 1000. The number of ether oxygens (including phenoxy) is 1. The number of aromatic nitrogens is 3. The van der Waals surface area contributed by atoms with Crippen LogP contribution >= 0.6 is 0 Å². The molecule has 8 heteroatoms. The number of para-hydroxylation sites is 1. The van der Waals surface area contributed by atoms with Crippen molar-refractivity contribution in [3.8, 4) is 16.9 Å². The Morgan fingerprint density at radius 3 is 2.56 bits per heavy atom. The molecule has 0 saturated heterocycles. The second-order valence-corrected chi connectivity index (χ2v) is 5.74. The lowest BCUT2D eigenvalue weighted by Gasteiger charge is -2.10. The van der Waals surface area contributed by atoms with Crippen LogP contribution < -0.4 is 10.3 Å². The van der Waals surface area contributed by atoms with Gasteiger partial charge in [0.1, 0.15) is 5.75 Å². The average Bonchev–Trinajstić information content (AvgIpc) is 2.86. The van der Waals surface area contributed by atoms with E-state index in [0.717, 1.165) is 4.52 Å². The Kier molecular flexibility index (Phi) is 4.06. The van der Waals surface area contributed by atoms with Gasteiger partial charge in [-0.2, -0.15) is 13.2 Å². The molecule has 0 unspecified atom stereocenters. The van der Waals surface area contributed by atoms with Gasteiger partial charge in [-0.1, -0.05) is 18.2 Å². The van der Waals surface area contributed by atoms with Crippen molar-refractivity contribution in [2.75, 3.05) is 7.11 Å². The van der Waals surface area contributed by atoms with Crippen molar-refractivity contribution in [1.29, 1.82) is 0 Å². The van der Waals surface area contributed by atoms with Crippen molar-refractivity contribution < 1.29 is 17.9 Å². The highest BCUT2D eigenvalue weighted by atomic mass is 19.4. The third-order valence-electron chi connectivity index (χ3n) is 4.02. The zero-order valence-corrected chi connectivity index (χ0v) is 13.9. The molecule has 0 fully saturated rings. The van der Waals surface area contributed by atoms with Gasteiger partial charge in [-0.15, -0.1) is 0 Å². The summed E-state index contributed by atoms with van der Waals surface area (Å²) in [5.74, 6) is 0.582. The van der Waals surface area contributed by atoms with E-state index in [1.165, 1.54) is 14.0 Å². The molecular weight excluding hydrogens is 335 g/mol. The predicted octanol–water partition coefficient (Wildman–Crippen LogP) is 3.42. The number of rotatable bonds is 3. The van der Waals surface area contributed by atoms with Crippen LogP contribution in [-0.4, -0.2) is 27.9 Å². The summed E-state index contributed by atoms with van der Waals surface area (Å²) < 4.78 is 44.6. The summed E-state index contributed by atoms with van der Waals surface area (Å²) in [5, 5.41) is 2.82. The van der Waals surface area contributed by atoms with Gasteiger partial charge in [0.15, 0.2) is 5.65 Å². The molecule has 25 heavy (non-hydrogen) atoms. The number of H-pyrrole nitrogens is 1. The Hall–Kier alpha value is -2.77. The van der Waals surface area contributed by atoms with Crippen LogP contribution in [0.15, 0.2) is 29.1 Å². The SMILES string of the molecule is COc1ccccc1-c1c(C)[nH]n2c(=O)c(CC(F)(F)F)c(C)nc12. The highest BCUT2D eigenvalue weighted by Gasteiger charge is 2.31. The van der Waals surface area contributed by atoms with E-state index >= 15 is 0 Å². The van der Waals surface area contributed by atoms with Gasteiger partial charge in [-0.25, -0.2) is 9.50 Å². The van der Waals surface area contributed by atoms with E-state index in [-0.39, 0.29) is 16.9 Å². The van der Waals surface area contributed by atoms with Crippen molar-refractivity contribution >= 4 is 5.65 Å². The molecular formula is C17H16F3N3O2. The monoisotopic (exact) mass is 351 g/mol. The molecule has 5 nitrogen and oxygen atoms in total. The van der Waals surface area contributed by atoms with Gasteiger partial charge in [-0.05, 0) is 19.9 Å². The number of hydrogen-bond acceptors (Lipinski definition) is 3. The molecule has 0 bridgehead atoms. The molecule has 0 radical (unpaired) electrons. The van der Waals surface area contributed by atoms with Crippen LogP contribution in [0.4, 0.5) is 13.2 Å². The summed E-state index contributed by atoms with van der Waals surface area (Å²) in [6.45, 7) is 3.14. The number of fused-ring (bicyclic) bond motifs is 1. The van der Waals surface area contributed by atoms with Gasteiger partial charge < -0.3 is 4.74 Å². The number of nitrogens with one attached hydrogen (secondary N) is 1. The summed E-state index contributed by atoms with van der Waals surface area (Å²) in [5.41, 5.74) is 1.17. The lowest BCUT2D eigenvalue weighted by atomic mass is 10.0. The van der Waals surface area contributed by atoms with Gasteiger partial charge in [0.25, 0.3) is 5.56 Å². The number of halogens is 3. The van der Waals surface area contributed by atoms with Gasteiger partial charge in [0, 0.05) is 22.5 Å². The summed E-state index contributed by atoms with van der Waals surface area (Å²) in [7, 11) is 1.52. The molecule has 1 aromatic carbocycles. The zero-order valence-electron chi connectivity index (χ0n) is 13.9. The van der Waals surface area contributed by atoms with Crippen LogP contribution in [0.5, 0.6) is 5.75 Å². The second kappa shape index (κ2) is 5.94. The Morgan fingerprint density at radius 2 is 1.92 bits per heavy atom. The molecule has 2 aromatic heterocycles. The van der Waals surface area contributed by atoms with Crippen LogP contribution in [0.2, 0.25) is 0 Å². The average molecular weight is 351 g/mol. The summed E-state index contributed by atoms with van der Waals surface area (Å²) in [6, 6.07) is 7.18. The summed E-state index contributed by atoms with van der Waals surface area (Å²) >= 11 is 0. The number of nitrogens with zero attached hydrogens (tertiary/aromatic N) is 2. The van der Waals surface area contributed by atoms with Gasteiger partial charge in [0.05, 0.1) is 19.1 Å². The first kappa shape index (κ1) is 17.1. The number of benzene rings is 1. The van der Waals surface area contributed by atoms with E-state index in [1.54, 1.807) is 25.1 Å². The number of alkyl halides is 3. The molecule has 3 aromatic rings. The topological polar surface area (TPSA) is 59.4 Å². The van der Waals surface area contributed by atoms with Gasteiger partial charge in [-0.3, -0.25) is 9.89 Å². The van der Waals surface area contributed by atoms with Crippen LogP contribution in [0.1, 0.15) is 17.0 Å². The van der Waals surface area contributed by atoms with E-state index < -0.39 is 18.2 Å². The lowest BCUT2D eigenvalue weighted by Crippen LogP contribution is -2.26. The van der Waals surface area contributed by atoms with Gasteiger partial charge >= 0.3 is 6.18 Å². The smallest absolute Gasteiger partial charge is 0.393 e. The number of methoxy groups -OCH3 is 1. The Balaban J connectivity index is 2.31. The van der Waals surface area contributed by atoms with Crippen molar-refractivity contribution in [1.82, 2.24) is 14.6 Å². The van der Waals surface area contributed by atoms with E-state index in [2.05, 4.69) is 10.1 Å². The molecule has 0 atom stereocenters. The molecule has 0 aliphatic rings. The third-order valence-corrected chi connectivity index (χ3v) is 4.02. The highest BCUT2D eigenvalue weighted by Crippen LogP contribution is 2.34. The van der Waals surface area contributed by atoms with Gasteiger partial charge in [0.2, 0.25) is 0 Å². The van der Waals surface area contributed by atoms with Crippen molar-refractivity contribution in [2.24, 2.45) is 0 Å². The molecule has 0 aliphatic heterocycles. The molecule has 2 heterocycles. The van der Waals surface area contributed by atoms with Crippen molar-refractivity contribution in [3.05, 3.63) is 51.6 Å². The molecule has 0 saturated carbocycles. The van der Waals surface area contributed by atoms with E-state index in [9.17, 15) is 18.0 Å². The van der Waals surface area contributed by atoms with Crippen molar-refractivity contribution in [3.63, 3.8) is 0 Å². The summed E-state index contributed by atoms with van der Waals surface area (Å²) in [6.07, 6.45) is -5.79. The number of hydrogen-bond donors (Lipinski definition) is 1. The third kappa shape index (κ3) is 2.99. The quantitative estimate of drug-likeness (QED) is 0.787. The van der Waals surface area contributed by atoms with Crippen LogP contribution in [0.3, 0.4) is 0 Å². The maximum atomic E-state index is 12.7. The molecule has 0 aliphatic carbocycles. The predicted molar refractivity (Wildman–Crippen MR) is 87.0 cm³/mol.